The number of allylic oxidation sites excluding steroid dienone is 4. The standard InChI is InChI=1S/C80H152O17P2/c1-5-9-13-17-21-25-29-32-35-36-37-38-41-44-47-51-55-59-63-67-80(85)97-76(71-91-78(83)65-61-57-53-49-45-42-39-33-30-26-22-18-14-10-6-2)73-95-99(88,89)93-69-74(81)68-92-98(86,87)94-72-75(70-90-77(82)64-60-56-52-48-28-24-20-16-12-8-4)96-79(84)66-62-58-54-50-46-43-40-34-31-27-23-19-15-11-7-3/h26,30,33,39,74-76,81H,5-25,27-29,31-32,34-38,40-73H2,1-4H3,(H,86,87)(H,88,89)/b30-26-,39-33-/t74-,75+,76+/m0/s1. The quantitative estimate of drug-likeness (QED) is 0.0169. The van der Waals surface area contributed by atoms with Gasteiger partial charge in [0.25, 0.3) is 0 Å². The van der Waals surface area contributed by atoms with E-state index in [0.29, 0.717) is 25.7 Å². The van der Waals surface area contributed by atoms with Crippen molar-refractivity contribution < 1.29 is 80.2 Å². The summed E-state index contributed by atoms with van der Waals surface area (Å²) in [6, 6.07) is 0. The first-order valence-electron chi connectivity index (χ1n) is 41.1. The van der Waals surface area contributed by atoms with Gasteiger partial charge in [-0.2, -0.15) is 0 Å². The fourth-order valence-corrected chi connectivity index (χ4v) is 13.5. The van der Waals surface area contributed by atoms with Gasteiger partial charge in [0.1, 0.15) is 19.3 Å². The lowest BCUT2D eigenvalue weighted by Crippen LogP contribution is -2.30. The molecule has 0 bridgehead atoms. The Morgan fingerprint density at radius 3 is 0.737 bits per heavy atom. The number of rotatable bonds is 79. The molecular formula is C80H152O17P2. The predicted octanol–water partition coefficient (Wildman–Crippen LogP) is 23.7. The van der Waals surface area contributed by atoms with Crippen molar-refractivity contribution >= 4 is 39.5 Å². The smallest absolute Gasteiger partial charge is 0.462 e. The summed E-state index contributed by atoms with van der Waals surface area (Å²) in [7, 11) is -9.93. The van der Waals surface area contributed by atoms with Crippen LogP contribution in [0, 0.1) is 0 Å². The van der Waals surface area contributed by atoms with Crippen LogP contribution in [0.5, 0.6) is 0 Å². The van der Waals surface area contributed by atoms with Gasteiger partial charge in [-0.1, -0.05) is 354 Å². The molecule has 0 aromatic rings. The number of ether oxygens (including phenoxy) is 4. The number of phosphoric acid groups is 2. The van der Waals surface area contributed by atoms with Crippen LogP contribution in [-0.4, -0.2) is 96.7 Å². The number of carbonyl (C=O) groups is 4. The third-order valence-corrected chi connectivity index (χ3v) is 20.1. The SMILES string of the molecule is CCCCCC/C=C\C=C/CCCCCCCC(=O)OC[C@H](COP(=O)(O)OC[C@@H](O)COP(=O)(O)OC[C@@H](COC(=O)CCCCCCCCCCCC)OC(=O)CCCCCCCCCCCCCCCCC)OC(=O)CCCCCCCCCCCCCCCCCCCCC. The fraction of sp³-hybridized carbons (Fsp3) is 0.900. The van der Waals surface area contributed by atoms with Crippen molar-refractivity contribution in [2.75, 3.05) is 39.6 Å². The Morgan fingerprint density at radius 1 is 0.283 bits per heavy atom. The van der Waals surface area contributed by atoms with Crippen LogP contribution in [0.15, 0.2) is 24.3 Å². The number of aliphatic hydroxyl groups is 1. The molecule has 99 heavy (non-hydrogen) atoms. The van der Waals surface area contributed by atoms with E-state index >= 15 is 0 Å². The summed E-state index contributed by atoms with van der Waals surface area (Å²) in [6.45, 7) is 4.95. The van der Waals surface area contributed by atoms with Crippen LogP contribution in [0.1, 0.15) is 407 Å². The third kappa shape index (κ3) is 73.6. The molecule has 0 fully saturated rings. The van der Waals surface area contributed by atoms with Gasteiger partial charge >= 0.3 is 39.5 Å². The average Bonchev–Trinajstić information content (AvgIpc) is 1.14. The van der Waals surface area contributed by atoms with Crippen molar-refractivity contribution in [3.8, 4) is 0 Å². The number of phosphoric ester groups is 2. The average molecular weight is 1450 g/mol. The molecule has 0 aliphatic carbocycles. The van der Waals surface area contributed by atoms with Gasteiger partial charge in [0.15, 0.2) is 12.2 Å². The Morgan fingerprint density at radius 2 is 0.485 bits per heavy atom. The van der Waals surface area contributed by atoms with Gasteiger partial charge < -0.3 is 33.8 Å². The Balaban J connectivity index is 5.26. The zero-order chi connectivity index (χ0) is 72.5. The van der Waals surface area contributed by atoms with Gasteiger partial charge in [0.2, 0.25) is 0 Å². The molecule has 5 atom stereocenters. The van der Waals surface area contributed by atoms with Crippen LogP contribution < -0.4 is 0 Å². The van der Waals surface area contributed by atoms with Gasteiger partial charge in [0.05, 0.1) is 26.4 Å². The van der Waals surface area contributed by atoms with Crippen LogP contribution in [0.25, 0.3) is 0 Å². The molecule has 0 aromatic heterocycles. The zero-order valence-corrected chi connectivity index (χ0v) is 65.7. The van der Waals surface area contributed by atoms with Crippen LogP contribution >= 0.6 is 15.6 Å². The number of unbranched alkanes of at least 4 members (excludes halogenated alkanes) is 50. The van der Waals surface area contributed by atoms with Crippen LogP contribution in [0.3, 0.4) is 0 Å². The lowest BCUT2D eigenvalue weighted by Gasteiger charge is -2.21. The van der Waals surface area contributed by atoms with Gasteiger partial charge in [-0.3, -0.25) is 37.3 Å². The minimum Gasteiger partial charge on any atom is -0.462 e. The van der Waals surface area contributed by atoms with E-state index in [1.807, 2.05) is 0 Å². The summed E-state index contributed by atoms with van der Waals surface area (Å²) in [5.41, 5.74) is 0. The summed E-state index contributed by atoms with van der Waals surface area (Å²) >= 11 is 0. The zero-order valence-electron chi connectivity index (χ0n) is 64.0. The Bertz CT molecular complexity index is 1970. The summed E-state index contributed by atoms with van der Waals surface area (Å²) in [5, 5.41) is 10.6. The summed E-state index contributed by atoms with van der Waals surface area (Å²) in [6.07, 6.45) is 68.7. The van der Waals surface area contributed by atoms with E-state index in [2.05, 4.69) is 52.0 Å². The van der Waals surface area contributed by atoms with E-state index in [1.165, 1.54) is 218 Å². The van der Waals surface area contributed by atoms with Gasteiger partial charge in [-0.25, -0.2) is 9.13 Å². The number of carbonyl (C=O) groups excluding carboxylic acids is 4. The second-order valence-electron chi connectivity index (χ2n) is 28.1. The topological polar surface area (TPSA) is 237 Å². The number of hydrogen-bond donors (Lipinski definition) is 3. The highest BCUT2D eigenvalue weighted by molar-refractivity contribution is 7.47. The molecule has 17 nitrogen and oxygen atoms in total. The lowest BCUT2D eigenvalue weighted by molar-refractivity contribution is -0.161. The minimum atomic E-state index is -4.97. The van der Waals surface area contributed by atoms with Crippen molar-refractivity contribution in [2.45, 2.75) is 425 Å². The first-order valence-corrected chi connectivity index (χ1v) is 44.1. The molecule has 0 rings (SSSR count). The second-order valence-corrected chi connectivity index (χ2v) is 31.0. The maximum absolute atomic E-state index is 13.1. The van der Waals surface area contributed by atoms with Crippen LogP contribution in [-0.2, 0) is 65.4 Å². The molecule has 0 heterocycles. The molecule has 0 radical (unpaired) electrons. The van der Waals surface area contributed by atoms with Crippen molar-refractivity contribution in [3.05, 3.63) is 24.3 Å². The fourth-order valence-electron chi connectivity index (χ4n) is 11.9. The summed E-state index contributed by atoms with van der Waals surface area (Å²) in [4.78, 5) is 72.9. The van der Waals surface area contributed by atoms with Gasteiger partial charge in [-0.05, 0) is 51.4 Å². The van der Waals surface area contributed by atoms with E-state index in [-0.39, 0.29) is 25.7 Å². The van der Waals surface area contributed by atoms with E-state index in [1.54, 1.807) is 0 Å². The first kappa shape index (κ1) is 96.5. The first-order chi connectivity index (χ1) is 48.2. The molecule has 584 valence electrons. The Hall–Kier alpha value is -2.46. The van der Waals surface area contributed by atoms with E-state index in [4.69, 9.17) is 37.0 Å². The molecule has 0 saturated carbocycles. The van der Waals surface area contributed by atoms with Crippen molar-refractivity contribution in [2.24, 2.45) is 0 Å². The van der Waals surface area contributed by atoms with Gasteiger partial charge in [0, 0.05) is 25.7 Å². The Labute approximate surface area is 605 Å². The lowest BCUT2D eigenvalue weighted by atomic mass is 10.0. The van der Waals surface area contributed by atoms with E-state index in [0.717, 1.165) is 109 Å². The van der Waals surface area contributed by atoms with E-state index < -0.39 is 97.5 Å². The maximum Gasteiger partial charge on any atom is 0.472 e. The Kier molecular flexibility index (Phi) is 72.0. The van der Waals surface area contributed by atoms with Gasteiger partial charge in [-0.15, -0.1) is 0 Å². The molecule has 0 amide bonds. The van der Waals surface area contributed by atoms with Crippen molar-refractivity contribution in [1.82, 2.24) is 0 Å². The summed E-state index contributed by atoms with van der Waals surface area (Å²) < 4.78 is 68.6. The van der Waals surface area contributed by atoms with E-state index in [9.17, 15) is 43.2 Å². The largest absolute Gasteiger partial charge is 0.472 e. The van der Waals surface area contributed by atoms with Crippen molar-refractivity contribution in [1.29, 1.82) is 0 Å². The highest BCUT2D eigenvalue weighted by atomic mass is 31.2. The molecule has 0 aliphatic rings. The molecular weight excluding hydrogens is 1290 g/mol. The maximum atomic E-state index is 13.1. The number of hydrogen-bond acceptors (Lipinski definition) is 15. The minimum absolute atomic E-state index is 0.102. The molecule has 0 spiro atoms. The molecule has 3 N–H and O–H groups in total. The van der Waals surface area contributed by atoms with Crippen LogP contribution in [0.2, 0.25) is 0 Å². The monoisotopic (exact) mass is 1450 g/mol. The third-order valence-electron chi connectivity index (χ3n) is 18.2. The van der Waals surface area contributed by atoms with Crippen LogP contribution in [0.4, 0.5) is 0 Å². The van der Waals surface area contributed by atoms with Crippen molar-refractivity contribution in [3.63, 3.8) is 0 Å². The highest BCUT2D eigenvalue weighted by Gasteiger charge is 2.30. The number of aliphatic hydroxyl groups excluding tert-OH is 1. The molecule has 0 aromatic carbocycles. The molecule has 19 heteroatoms. The predicted molar refractivity (Wildman–Crippen MR) is 405 cm³/mol. The summed E-state index contributed by atoms with van der Waals surface area (Å²) in [5.74, 6) is -2.14. The number of esters is 4. The molecule has 0 aliphatic heterocycles. The molecule has 0 saturated heterocycles. The normalized spacial score (nSPS) is 14.0. The second kappa shape index (κ2) is 73.8. The molecule has 2 unspecified atom stereocenters. The highest BCUT2D eigenvalue weighted by Crippen LogP contribution is 2.45.